The lowest BCUT2D eigenvalue weighted by molar-refractivity contribution is -0.143. The molecule has 0 atom stereocenters. The highest BCUT2D eigenvalue weighted by molar-refractivity contribution is 5.92. The number of hydrogen-bond acceptors (Lipinski definition) is 3. The van der Waals surface area contributed by atoms with Crippen LogP contribution >= 0.6 is 0 Å². The van der Waals surface area contributed by atoms with Gasteiger partial charge in [-0.25, -0.2) is 0 Å². The maximum absolute atomic E-state index is 12.1. The Balaban J connectivity index is 1.50. The van der Waals surface area contributed by atoms with Gasteiger partial charge in [-0.3, -0.25) is 14.5 Å². The van der Waals surface area contributed by atoms with Gasteiger partial charge in [0.2, 0.25) is 5.91 Å². The Morgan fingerprint density at radius 2 is 1.91 bits per heavy atom. The number of nitrogens with zero attached hydrogens (tertiary/aromatic N) is 1. The monoisotopic (exact) mass is 302 g/mol. The summed E-state index contributed by atoms with van der Waals surface area (Å²) in [5.74, 6) is -0.995. The number of likely N-dealkylation sites (tertiary alicyclic amines) is 1. The number of carboxylic acids is 1. The number of carbonyl (C=O) groups excluding carboxylic acids is 1. The van der Waals surface area contributed by atoms with E-state index in [1.54, 1.807) is 0 Å². The first kappa shape index (κ1) is 15.0. The molecule has 1 amide bonds. The molecule has 0 radical (unpaired) electrons. The second-order valence-corrected chi connectivity index (χ2v) is 6.27. The van der Waals surface area contributed by atoms with Crippen LogP contribution in [0.1, 0.15) is 30.4 Å². The van der Waals surface area contributed by atoms with Crippen molar-refractivity contribution < 1.29 is 14.7 Å². The molecule has 0 saturated carbocycles. The van der Waals surface area contributed by atoms with Crippen LogP contribution in [0, 0.1) is 5.92 Å². The lowest BCUT2D eigenvalue weighted by Crippen LogP contribution is -2.40. The summed E-state index contributed by atoms with van der Waals surface area (Å²) in [5, 5.41) is 11.9. The summed E-state index contributed by atoms with van der Waals surface area (Å²) in [5.41, 5.74) is 3.61. The van der Waals surface area contributed by atoms with Crippen molar-refractivity contribution in [3.05, 3.63) is 29.3 Å². The third kappa shape index (κ3) is 3.47. The number of rotatable bonds is 4. The quantitative estimate of drug-likeness (QED) is 0.891. The van der Waals surface area contributed by atoms with Gasteiger partial charge in [-0.1, -0.05) is 6.07 Å². The third-order valence-electron chi connectivity index (χ3n) is 4.69. The van der Waals surface area contributed by atoms with Crippen LogP contribution in [0.25, 0.3) is 0 Å². The predicted molar refractivity (Wildman–Crippen MR) is 83.9 cm³/mol. The fraction of sp³-hybridized carbons (Fsp3) is 0.529. The fourth-order valence-corrected chi connectivity index (χ4v) is 3.39. The summed E-state index contributed by atoms with van der Waals surface area (Å²) >= 11 is 0. The molecule has 0 spiro atoms. The molecular weight excluding hydrogens is 280 g/mol. The van der Waals surface area contributed by atoms with Crippen LogP contribution in [0.3, 0.4) is 0 Å². The first-order valence-electron chi connectivity index (χ1n) is 7.98. The van der Waals surface area contributed by atoms with Gasteiger partial charge in [0.25, 0.3) is 0 Å². The highest BCUT2D eigenvalue weighted by Crippen LogP contribution is 2.25. The van der Waals surface area contributed by atoms with Crippen molar-refractivity contribution in [2.45, 2.75) is 32.1 Å². The van der Waals surface area contributed by atoms with Gasteiger partial charge in [-0.2, -0.15) is 0 Å². The number of hydrogen-bond donors (Lipinski definition) is 2. The van der Waals surface area contributed by atoms with E-state index in [2.05, 4.69) is 17.4 Å². The molecule has 5 heteroatoms. The van der Waals surface area contributed by atoms with Crippen LogP contribution < -0.4 is 5.32 Å². The van der Waals surface area contributed by atoms with Gasteiger partial charge in [0, 0.05) is 5.69 Å². The van der Waals surface area contributed by atoms with Crippen LogP contribution in [0.15, 0.2) is 18.2 Å². The Morgan fingerprint density at radius 1 is 1.18 bits per heavy atom. The van der Waals surface area contributed by atoms with E-state index in [1.165, 1.54) is 17.5 Å². The van der Waals surface area contributed by atoms with Crippen molar-refractivity contribution in [3.63, 3.8) is 0 Å². The zero-order chi connectivity index (χ0) is 15.5. The van der Waals surface area contributed by atoms with Gasteiger partial charge in [0.15, 0.2) is 0 Å². The number of amides is 1. The summed E-state index contributed by atoms with van der Waals surface area (Å²) in [6.07, 6.45) is 4.69. The fourth-order valence-electron chi connectivity index (χ4n) is 3.39. The molecule has 0 aromatic heterocycles. The second-order valence-electron chi connectivity index (χ2n) is 6.27. The molecule has 0 bridgehead atoms. The van der Waals surface area contributed by atoms with Crippen LogP contribution in [-0.2, 0) is 22.4 Å². The lowest BCUT2D eigenvalue weighted by Gasteiger charge is -2.29. The zero-order valence-corrected chi connectivity index (χ0v) is 12.7. The average Bonchev–Trinajstić information content (AvgIpc) is 2.95. The Labute approximate surface area is 130 Å². The molecule has 22 heavy (non-hydrogen) atoms. The van der Waals surface area contributed by atoms with Crippen molar-refractivity contribution in [1.29, 1.82) is 0 Å². The molecule has 1 aromatic rings. The molecule has 1 aliphatic carbocycles. The Morgan fingerprint density at radius 3 is 2.64 bits per heavy atom. The second kappa shape index (κ2) is 6.48. The first-order chi connectivity index (χ1) is 10.6. The topological polar surface area (TPSA) is 69.6 Å². The number of piperidine rings is 1. The number of benzene rings is 1. The van der Waals surface area contributed by atoms with Gasteiger partial charge in [0.1, 0.15) is 0 Å². The SMILES string of the molecule is O=C(CN1CCC(C(=O)O)CC1)Nc1ccc2c(c1)CCC2. The summed E-state index contributed by atoms with van der Waals surface area (Å²) in [4.78, 5) is 25.1. The van der Waals surface area contributed by atoms with Crippen molar-refractivity contribution in [2.24, 2.45) is 5.92 Å². The van der Waals surface area contributed by atoms with Crippen LogP contribution in [0.5, 0.6) is 0 Å². The Hall–Kier alpha value is -1.88. The molecule has 2 aliphatic rings. The minimum Gasteiger partial charge on any atom is -0.481 e. The standard InChI is InChI=1S/C17H22N2O3/c20-16(11-19-8-6-13(7-9-19)17(21)22)18-15-5-4-12-2-1-3-14(12)10-15/h4-5,10,13H,1-3,6-9,11H2,(H,18,20)(H,21,22). The molecule has 1 saturated heterocycles. The minimum atomic E-state index is -0.720. The van der Waals surface area contributed by atoms with E-state index in [0.717, 1.165) is 18.5 Å². The number of aryl methyl sites for hydroxylation is 2. The van der Waals surface area contributed by atoms with Crippen LogP contribution in [0.4, 0.5) is 5.69 Å². The highest BCUT2D eigenvalue weighted by Gasteiger charge is 2.25. The van der Waals surface area contributed by atoms with Crippen molar-refractivity contribution >= 4 is 17.6 Å². The van der Waals surface area contributed by atoms with E-state index in [1.807, 2.05) is 11.0 Å². The smallest absolute Gasteiger partial charge is 0.306 e. The van der Waals surface area contributed by atoms with E-state index in [-0.39, 0.29) is 11.8 Å². The average molecular weight is 302 g/mol. The van der Waals surface area contributed by atoms with Crippen LogP contribution in [-0.4, -0.2) is 41.5 Å². The summed E-state index contributed by atoms with van der Waals surface area (Å²) in [6, 6.07) is 6.16. The number of anilines is 1. The molecule has 1 heterocycles. The van der Waals surface area contributed by atoms with E-state index in [9.17, 15) is 9.59 Å². The van der Waals surface area contributed by atoms with Crippen molar-refractivity contribution in [3.8, 4) is 0 Å². The van der Waals surface area contributed by atoms with Crippen molar-refractivity contribution in [1.82, 2.24) is 4.90 Å². The lowest BCUT2D eigenvalue weighted by atomic mass is 9.97. The van der Waals surface area contributed by atoms with Gasteiger partial charge in [-0.15, -0.1) is 0 Å². The molecule has 1 aromatic carbocycles. The summed E-state index contributed by atoms with van der Waals surface area (Å²) < 4.78 is 0. The normalized spacial score (nSPS) is 18.9. The molecule has 2 N–H and O–H groups in total. The van der Waals surface area contributed by atoms with Gasteiger partial charge in [-0.05, 0) is 68.5 Å². The first-order valence-corrected chi connectivity index (χ1v) is 7.98. The van der Waals surface area contributed by atoms with Crippen molar-refractivity contribution in [2.75, 3.05) is 25.0 Å². The van der Waals surface area contributed by atoms with E-state index in [4.69, 9.17) is 5.11 Å². The summed E-state index contributed by atoms with van der Waals surface area (Å²) in [7, 11) is 0. The number of nitrogens with one attached hydrogen (secondary N) is 1. The van der Waals surface area contributed by atoms with Gasteiger partial charge >= 0.3 is 5.97 Å². The Bertz CT molecular complexity index is 577. The van der Waals surface area contributed by atoms with Crippen LogP contribution in [0.2, 0.25) is 0 Å². The molecule has 3 rings (SSSR count). The predicted octanol–water partition coefficient (Wildman–Crippen LogP) is 1.91. The highest BCUT2D eigenvalue weighted by atomic mass is 16.4. The number of carbonyl (C=O) groups is 2. The van der Waals surface area contributed by atoms with E-state index >= 15 is 0 Å². The number of carboxylic acid groups (broad SMARTS) is 1. The van der Waals surface area contributed by atoms with Gasteiger partial charge < -0.3 is 10.4 Å². The molecule has 118 valence electrons. The maximum atomic E-state index is 12.1. The van der Waals surface area contributed by atoms with Gasteiger partial charge in [0.05, 0.1) is 12.5 Å². The van der Waals surface area contributed by atoms with E-state index < -0.39 is 5.97 Å². The minimum absolute atomic E-state index is 0.0216. The molecule has 0 unspecified atom stereocenters. The molecule has 5 nitrogen and oxygen atoms in total. The Kier molecular flexibility index (Phi) is 4.43. The number of fused-ring (bicyclic) bond motifs is 1. The summed E-state index contributed by atoms with van der Waals surface area (Å²) in [6.45, 7) is 1.69. The zero-order valence-electron chi connectivity index (χ0n) is 12.7. The molecule has 1 aliphatic heterocycles. The largest absolute Gasteiger partial charge is 0.481 e. The van der Waals surface area contributed by atoms with E-state index in [0.29, 0.717) is 32.5 Å². The molecule has 1 fully saturated rings. The number of aliphatic carboxylic acids is 1. The third-order valence-corrected chi connectivity index (χ3v) is 4.69. The molecular formula is C17H22N2O3. The maximum Gasteiger partial charge on any atom is 0.306 e.